The summed E-state index contributed by atoms with van der Waals surface area (Å²) in [6, 6.07) is 6.79. The molecule has 3 aromatic rings. The number of alkyl halides is 1. The third-order valence-corrected chi connectivity index (χ3v) is 4.34. The van der Waals surface area contributed by atoms with Crippen molar-refractivity contribution < 1.29 is 4.39 Å². The van der Waals surface area contributed by atoms with E-state index >= 15 is 0 Å². The third-order valence-electron chi connectivity index (χ3n) is 3.45. The van der Waals surface area contributed by atoms with E-state index in [4.69, 9.17) is 11.6 Å². The summed E-state index contributed by atoms with van der Waals surface area (Å²) in [5, 5.41) is 3.90. The molecule has 0 aliphatic rings. The van der Waals surface area contributed by atoms with Crippen molar-refractivity contribution in [2.45, 2.75) is 25.3 Å². The second-order valence-electron chi connectivity index (χ2n) is 4.82. The van der Waals surface area contributed by atoms with Crippen LogP contribution in [0.15, 0.2) is 35.0 Å². The number of benzene rings is 1. The predicted octanol–water partition coefficient (Wildman–Crippen LogP) is 5.15. The maximum Gasteiger partial charge on any atom is 0.128 e. The molecule has 0 N–H and O–H groups in total. The van der Waals surface area contributed by atoms with Crippen LogP contribution >= 0.6 is 22.9 Å². The number of aromatic nitrogens is 2. The second kappa shape index (κ2) is 5.19. The molecule has 104 valence electrons. The van der Waals surface area contributed by atoms with Gasteiger partial charge in [-0.3, -0.25) is 0 Å². The van der Waals surface area contributed by atoms with Crippen LogP contribution in [0.4, 0.5) is 4.39 Å². The molecule has 0 fully saturated rings. The van der Waals surface area contributed by atoms with E-state index < -0.39 is 0 Å². The molecule has 3 rings (SSSR count). The zero-order valence-electron chi connectivity index (χ0n) is 11.2. The van der Waals surface area contributed by atoms with Gasteiger partial charge in [0.1, 0.15) is 11.6 Å². The normalized spacial score (nSPS) is 14.6. The first-order valence-electron chi connectivity index (χ1n) is 6.41. The fourth-order valence-electron chi connectivity index (χ4n) is 2.43. The molecule has 0 bridgehead atoms. The largest absolute Gasteiger partial charge is 0.319 e. The summed E-state index contributed by atoms with van der Waals surface area (Å²) in [5.41, 5.74) is 2.74. The van der Waals surface area contributed by atoms with Crippen LogP contribution in [0, 0.1) is 5.82 Å². The standard InChI is InChI=1S/C15H14ClFN2S/c1-9(16)15-18-13-4-3-12(17)7-14(13)19(15)10(2)11-5-6-20-8-11/h3-10H,1-2H3. The van der Waals surface area contributed by atoms with Crippen LogP contribution in [0.2, 0.25) is 0 Å². The molecule has 0 saturated heterocycles. The average molecular weight is 309 g/mol. The second-order valence-corrected chi connectivity index (χ2v) is 6.26. The van der Waals surface area contributed by atoms with Crippen LogP contribution < -0.4 is 0 Å². The van der Waals surface area contributed by atoms with Crippen molar-refractivity contribution in [2.75, 3.05) is 0 Å². The van der Waals surface area contributed by atoms with Gasteiger partial charge < -0.3 is 4.57 Å². The van der Waals surface area contributed by atoms with Crippen LogP contribution in [-0.2, 0) is 0 Å². The maximum atomic E-state index is 13.6. The van der Waals surface area contributed by atoms with Crippen molar-refractivity contribution in [3.8, 4) is 0 Å². The summed E-state index contributed by atoms with van der Waals surface area (Å²) < 4.78 is 15.6. The van der Waals surface area contributed by atoms with Gasteiger partial charge in [-0.2, -0.15) is 11.3 Å². The Morgan fingerprint density at radius 1 is 1.30 bits per heavy atom. The first-order chi connectivity index (χ1) is 9.58. The highest BCUT2D eigenvalue weighted by atomic mass is 35.5. The Labute approximate surface area is 125 Å². The van der Waals surface area contributed by atoms with Crippen LogP contribution in [0.5, 0.6) is 0 Å². The number of halogens is 2. The lowest BCUT2D eigenvalue weighted by molar-refractivity contribution is 0.611. The van der Waals surface area contributed by atoms with Gasteiger partial charge in [0, 0.05) is 0 Å². The molecule has 20 heavy (non-hydrogen) atoms. The van der Waals surface area contributed by atoms with E-state index in [9.17, 15) is 4.39 Å². The molecular formula is C15H14ClFN2S. The van der Waals surface area contributed by atoms with E-state index in [1.807, 2.05) is 16.9 Å². The SMILES string of the molecule is CC(Cl)c1nc2ccc(F)cc2n1C(C)c1ccsc1. The highest BCUT2D eigenvalue weighted by Gasteiger charge is 2.20. The summed E-state index contributed by atoms with van der Waals surface area (Å²) in [7, 11) is 0. The summed E-state index contributed by atoms with van der Waals surface area (Å²) in [6.07, 6.45) is 0. The lowest BCUT2D eigenvalue weighted by Crippen LogP contribution is -2.10. The van der Waals surface area contributed by atoms with E-state index in [1.54, 1.807) is 17.4 Å². The Morgan fingerprint density at radius 2 is 2.10 bits per heavy atom. The molecule has 0 radical (unpaired) electrons. The lowest BCUT2D eigenvalue weighted by atomic mass is 10.1. The van der Waals surface area contributed by atoms with Gasteiger partial charge in [0.25, 0.3) is 0 Å². The Hall–Kier alpha value is -1.39. The number of thiophene rings is 1. The summed E-state index contributed by atoms with van der Waals surface area (Å²) in [5.74, 6) is 0.510. The number of hydrogen-bond acceptors (Lipinski definition) is 2. The maximum absolute atomic E-state index is 13.6. The highest BCUT2D eigenvalue weighted by molar-refractivity contribution is 7.07. The zero-order chi connectivity index (χ0) is 14.3. The van der Waals surface area contributed by atoms with Crippen LogP contribution in [0.1, 0.15) is 36.7 Å². The minimum atomic E-state index is -0.259. The first kappa shape index (κ1) is 13.6. The van der Waals surface area contributed by atoms with Gasteiger partial charge in [-0.05, 0) is 54.4 Å². The topological polar surface area (TPSA) is 17.8 Å². The van der Waals surface area contributed by atoms with E-state index in [0.717, 1.165) is 16.9 Å². The van der Waals surface area contributed by atoms with E-state index in [1.165, 1.54) is 17.7 Å². The molecule has 0 aliphatic carbocycles. The lowest BCUT2D eigenvalue weighted by Gasteiger charge is -2.17. The highest BCUT2D eigenvalue weighted by Crippen LogP contribution is 2.31. The Morgan fingerprint density at radius 3 is 2.75 bits per heavy atom. The Kier molecular flexibility index (Phi) is 3.52. The number of fused-ring (bicyclic) bond motifs is 1. The quantitative estimate of drug-likeness (QED) is 0.612. The fraction of sp³-hybridized carbons (Fsp3) is 0.267. The summed E-state index contributed by atoms with van der Waals surface area (Å²) >= 11 is 7.90. The smallest absolute Gasteiger partial charge is 0.128 e. The molecule has 2 atom stereocenters. The molecule has 5 heteroatoms. The monoisotopic (exact) mass is 308 g/mol. The molecule has 0 spiro atoms. The van der Waals surface area contributed by atoms with Gasteiger partial charge in [-0.1, -0.05) is 0 Å². The Balaban J connectivity index is 2.25. The molecule has 0 aliphatic heterocycles. The van der Waals surface area contributed by atoms with Crippen LogP contribution in [0.3, 0.4) is 0 Å². The molecule has 2 heterocycles. The van der Waals surface area contributed by atoms with E-state index in [0.29, 0.717) is 0 Å². The third kappa shape index (κ3) is 2.23. The van der Waals surface area contributed by atoms with Crippen LogP contribution in [0.25, 0.3) is 11.0 Å². The van der Waals surface area contributed by atoms with Gasteiger partial charge in [0.2, 0.25) is 0 Å². The number of rotatable bonds is 3. The molecule has 2 aromatic heterocycles. The average Bonchev–Trinajstić information content (AvgIpc) is 3.04. The minimum absolute atomic E-state index is 0.0734. The van der Waals surface area contributed by atoms with Gasteiger partial charge in [0.05, 0.1) is 22.5 Å². The summed E-state index contributed by atoms with van der Waals surface area (Å²) in [4.78, 5) is 4.55. The number of nitrogens with zero attached hydrogens (tertiary/aromatic N) is 2. The predicted molar refractivity (Wildman–Crippen MR) is 82.1 cm³/mol. The van der Waals surface area contributed by atoms with Crippen molar-refractivity contribution >= 4 is 34.0 Å². The van der Waals surface area contributed by atoms with Crippen molar-refractivity contribution in [3.05, 3.63) is 52.2 Å². The van der Waals surface area contributed by atoms with E-state index in [2.05, 4.69) is 23.4 Å². The summed E-state index contributed by atoms with van der Waals surface area (Å²) in [6.45, 7) is 3.97. The first-order valence-corrected chi connectivity index (χ1v) is 7.79. The van der Waals surface area contributed by atoms with E-state index in [-0.39, 0.29) is 17.2 Å². The number of imidazole rings is 1. The molecular weight excluding hydrogens is 295 g/mol. The van der Waals surface area contributed by atoms with Gasteiger partial charge in [-0.15, -0.1) is 11.6 Å². The number of hydrogen-bond donors (Lipinski definition) is 0. The molecule has 2 unspecified atom stereocenters. The minimum Gasteiger partial charge on any atom is -0.319 e. The van der Waals surface area contributed by atoms with Crippen molar-refractivity contribution in [1.29, 1.82) is 0 Å². The molecule has 0 saturated carbocycles. The molecule has 2 nitrogen and oxygen atoms in total. The molecule has 0 amide bonds. The molecule has 1 aromatic carbocycles. The van der Waals surface area contributed by atoms with Gasteiger partial charge >= 0.3 is 0 Å². The van der Waals surface area contributed by atoms with Gasteiger partial charge in [0.15, 0.2) is 0 Å². The van der Waals surface area contributed by atoms with Crippen molar-refractivity contribution in [3.63, 3.8) is 0 Å². The van der Waals surface area contributed by atoms with Crippen molar-refractivity contribution in [2.24, 2.45) is 0 Å². The Bertz CT molecular complexity index is 734. The van der Waals surface area contributed by atoms with Crippen molar-refractivity contribution in [1.82, 2.24) is 9.55 Å². The van der Waals surface area contributed by atoms with Gasteiger partial charge in [-0.25, -0.2) is 9.37 Å². The van der Waals surface area contributed by atoms with Crippen LogP contribution in [-0.4, -0.2) is 9.55 Å². The fourth-order valence-corrected chi connectivity index (χ4v) is 3.34. The zero-order valence-corrected chi connectivity index (χ0v) is 12.7.